The number of nitrogens with zero attached hydrogens (tertiary/aromatic N) is 2. The van der Waals surface area contributed by atoms with Gasteiger partial charge in [0, 0.05) is 17.6 Å². The Hall–Kier alpha value is -3.36. The van der Waals surface area contributed by atoms with Crippen LogP contribution in [0.15, 0.2) is 77.7 Å². The first kappa shape index (κ1) is 29.2. The summed E-state index contributed by atoms with van der Waals surface area (Å²) in [5.41, 5.74) is 2.76. The van der Waals surface area contributed by atoms with Crippen molar-refractivity contribution in [1.29, 1.82) is 0 Å². The predicted molar refractivity (Wildman–Crippen MR) is 152 cm³/mol. The molecular formula is C29H34ClN3O4S. The van der Waals surface area contributed by atoms with E-state index < -0.39 is 28.5 Å². The Morgan fingerprint density at radius 2 is 1.55 bits per heavy atom. The van der Waals surface area contributed by atoms with Crippen molar-refractivity contribution >= 4 is 39.1 Å². The fourth-order valence-corrected chi connectivity index (χ4v) is 5.55. The van der Waals surface area contributed by atoms with E-state index in [2.05, 4.69) is 5.32 Å². The Kier molecular flexibility index (Phi) is 9.57. The summed E-state index contributed by atoms with van der Waals surface area (Å²) in [4.78, 5) is 28.3. The minimum Gasteiger partial charge on any atom is -0.352 e. The van der Waals surface area contributed by atoms with E-state index in [9.17, 15) is 18.0 Å². The zero-order chi connectivity index (χ0) is 28.0. The fourth-order valence-electron chi connectivity index (χ4n) is 3.95. The van der Waals surface area contributed by atoms with E-state index in [0.29, 0.717) is 16.3 Å². The number of hydrogen-bond acceptors (Lipinski definition) is 4. The van der Waals surface area contributed by atoms with Gasteiger partial charge in [0.1, 0.15) is 12.6 Å². The molecule has 0 aliphatic carbocycles. The lowest BCUT2D eigenvalue weighted by atomic mass is 10.1. The number of carbonyl (C=O) groups is 2. The molecule has 0 aromatic heterocycles. The summed E-state index contributed by atoms with van der Waals surface area (Å²) in [5, 5.41) is 3.28. The van der Waals surface area contributed by atoms with Crippen molar-refractivity contribution in [2.24, 2.45) is 0 Å². The van der Waals surface area contributed by atoms with Crippen LogP contribution in [0.5, 0.6) is 0 Å². The minimum absolute atomic E-state index is 0.0391. The number of aryl methyl sites for hydroxylation is 2. The Morgan fingerprint density at radius 3 is 2.16 bits per heavy atom. The van der Waals surface area contributed by atoms with Crippen LogP contribution in [-0.4, -0.2) is 43.8 Å². The second-order valence-electron chi connectivity index (χ2n) is 9.62. The molecule has 0 unspecified atom stereocenters. The molecular weight excluding hydrogens is 522 g/mol. The van der Waals surface area contributed by atoms with Crippen molar-refractivity contribution in [2.45, 2.75) is 58.1 Å². The van der Waals surface area contributed by atoms with Gasteiger partial charge in [-0.15, -0.1) is 0 Å². The maximum absolute atomic E-state index is 13.9. The first-order valence-corrected chi connectivity index (χ1v) is 14.2. The molecule has 2 amide bonds. The van der Waals surface area contributed by atoms with Gasteiger partial charge in [-0.05, 0) is 76.1 Å². The summed E-state index contributed by atoms with van der Waals surface area (Å²) in [5.74, 6) is -0.877. The SMILES string of the molecule is Cc1ccc(S(=O)(=O)N(CC(=O)N(Cc2ccccc2Cl)[C@H](C)C(=O)NC(C)C)c2cccc(C)c2)cc1. The van der Waals surface area contributed by atoms with Gasteiger partial charge in [-0.2, -0.15) is 0 Å². The second kappa shape index (κ2) is 12.5. The third-order valence-corrected chi connectivity index (χ3v) is 8.23. The van der Waals surface area contributed by atoms with Crippen molar-refractivity contribution in [3.63, 3.8) is 0 Å². The van der Waals surface area contributed by atoms with Crippen LogP contribution in [0.25, 0.3) is 0 Å². The Labute approximate surface area is 230 Å². The normalized spacial score (nSPS) is 12.2. The molecule has 0 radical (unpaired) electrons. The molecule has 0 fully saturated rings. The van der Waals surface area contributed by atoms with Crippen LogP contribution in [0.3, 0.4) is 0 Å². The molecule has 3 aromatic carbocycles. The largest absolute Gasteiger partial charge is 0.352 e. The molecule has 9 heteroatoms. The van der Waals surface area contributed by atoms with Gasteiger partial charge in [0.2, 0.25) is 11.8 Å². The van der Waals surface area contributed by atoms with Crippen molar-refractivity contribution in [1.82, 2.24) is 10.2 Å². The molecule has 202 valence electrons. The molecule has 0 saturated heterocycles. The lowest BCUT2D eigenvalue weighted by Crippen LogP contribution is -2.52. The number of carbonyl (C=O) groups excluding carboxylic acids is 2. The third kappa shape index (κ3) is 7.14. The van der Waals surface area contributed by atoms with Crippen LogP contribution in [0, 0.1) is 13.8 Å². The quantitative estimate of drug-likeness (QED) is 0.377. The predicted octanol–water partition coefficient (Wildman–Crippen LogP) is 5.09. The second-order valence-corrected chi connectivity index (χ2v) is 11.9. The molecule has 0 aliphatic heterocycles. The first-order valence-electron chi connectivity index (χ1n) is 12.4. The molecule has 7 nitrogen and oxygen atoms in total. The van der Waals surface area contributed by atoms with Crippen LogP contribution in [0.1, 0.15) is 37.5 Å². The topological polar surface area (TPSA) is 86.8 Å². The highest BCUT2D eigenvalue weighted by molar-refractivity contribution is 7.92. The van der Waals surface area contributed by atoms with Crippen molar-refractivity contribution in [2.75, 3.05) is 10.8 Å². The summed E-state index contributed by atoms with van der Waals surface area (Å²) < 4.78 is 28.8. The molecule has 3 rings (SSSR count). The zero-order valence-corrected chi connectivity index (χ0v) is 23.9. The Morgan fingerprint density at radius 1 is 0.895 bits per heavy atom. The maximum Gasteiger partial charge on any atom is 0.264 e. The monoisotopic (exact) mass is 555 g/mol. The number of nitrogens with one attached hydrogen (secondary N) is 1. The van der Waals surface area contributed by atoms with Gasteiger partial charge in [-0.3, -0.25) is 13.9 Å². The fraction of sp³-hybridized carbons (Fsp3) is 0.310. The van der Waals surface area contributed by atoms with Gasteiger partial charge in [0.05, 0.1) is 10.6 Å². The number of anilines is 1. The molecule has 1 atom stereocenters. The molecule has 0 heterocycles. The molecule has 38 heavy (non-hydrogen) atoms. The standard InChI is InChI=1S/C29H34ClN3O4S/c1-20(2)31-29(35)23(5)32(18-24-10-6-7-12-27(24)30)28(34)19-33(25-11-8-9-22(4)17-25)38(36,37)26-15-13-21(3)14-16-26/h6-17,20,23H,18-19H2,1-5H3,(H,31,35)/t23-/m1/s1. The van der Waals surface area contributed by atoms with E-state index in [1.165, 1.54) is 17.0 Å². The Bertz CT molecular complexity index is 1390. The van der Waals surface area contributed by atoms with Crippen molar-refractivity contribution < 1.29 is 18.0 Å². The number of amides is 2. The summed E-state index contributed by atoms with van der Waals surface area (Å²) >= 11 is 6.38. The zero-order valence-electron chi connectivity index (χ0n) is 22.3. The van der Waals surface area contributed by atoms with Crippen molar-refractivity contribution in [3.8, 4) is 0 Å². The molecule has 0 bridgehead atoms. The van der Waals surface area contributed by atoms with Gasteiger partial charge in [-0.25, -0.2) is 8.42 Å². The average molecular weight is 556 g/mol. The van der Waals surface area contributed by atoms with Gasteiger partial charge < -0.3 is 10.2 Å². The van der Waals surface area contributed by atoms with Gasteiger partial charge >= 0.3 is 0 Å². The molecule has 0 aliphatic rings. The number of benzene rings is 3. The van der Waals surface area contributed by atoms with E-state index in [-0.39, 0.29) is 23.4 Å². The van der Waals surface area contributed by atoms with E-state index in [0.717, 1.165) is 15.4 Å². The average Bonchev–Trinajstić information content (AvgIpc) is 2.86. The number of hydrogen-bond donors (Lipinski definition) is 1. The van der Waals surface area contributed by atoms with Crippen LogP contribution < -0.4 is 9.62 Å². The molecule has 0 saturated carbocycles. The lowest BCUT2D eigenvalue weighted by Gasteiger charge is -2.32. The number of rotatable bonds is 10. The highest BCUT2D eigenvalue weighted by atomic mass is 35.5. The molecule has 3 aromatic rings. The molecule has 1 N–H and O–H groups in total. The summed E-state index contributed by atoms with van der Waals surface area (Å²) in [6.07, 6.45) is 0. The van der Waals surface area contributed by atoms with Crippen molar-refractivity contribution in [3.05, 3.63) is 94.5 Å². The van der Waals surface area contributed by atoms with Gasteiger partial charge in [0.25, 0.3) is 10.0 Å². The number of sulfonamides is 1. The Balaban J connectivity index is 2.04. The molecule has 0 spiro atoms. The van der Waals surface area contributed by atoms with Crippen LogP contribution in [0.4, 0.5) is 5.69 Å². The van der Waals surface area contributed by atoms with Crippen LogP contribution >= 0.6 is 11.6 Å². The summed E-state index contributed by atoms with van der Waals surface area (Å²) in [6, 6.07) is 19.5. The third-order valence-electron chi connectivity index (χ3n) is 6.07. The van der Waals surface area contributed by atoms with E-state index in [1.807, 2.05) is 33.8 Å². The minimum atomic E-state index is -4.10. The van der Waals surface area contributed by atoms with E-state index in [1.54, 1.807) is 61.5 Å². The summed E-state index contributed by atoms with van der Waals surface area (Å²) in [6.45, 7) is 8.55. The first-order chi connectivity index (χ1) is 17.9. The highest BCUT2D eigenvalue weighted by Gasteiger charge is 2.33. The van der Waals surface area contributed by atoms with E-state index in [4.69, 9.17) is 11.6 Å². The summed E-state index contributed by atoms with van der Waals surface area (Å²) in [7, 11) is -4.10. The highest BCUT2D eigenvalue weighted by Crippen LogP contribution is 2.26. The van der Waals surface area contributed by atoms with E-state index >= 15 is 0 Å². The van der Waals surface area contributed by atoms with Gasteiger partial charge in [-0.1, -0.05) is 59.6 Å². The number of halogens is 1. The van der Waals surface area contributed by atoms with Gasteiger partial charge in [0.15, 0.2) is 0 Å². The van der Waals surface area contributed by atoms with Crippen LogP contribution in [-0.2, 0) is 26.2 Å². The smallest absolute Gasteiger partial charge is 0.264 e. The van der Waals surface area contributed by atoms with Crippen LogP contribution in [0.2, 0.25) is 5.02 Å². The lowest BCUT2D eigenvalue weighted by molar-refractivity contribution is -0.139. The maximum atomic E-state index is 13.9.